The highest BCUT2D eigenvalue weighted by Crippen LogP contribution is 2.21. The third kappa shape index (κ3) is 8.72. The number of hydrogen-bond donors (Lipinski definition) is 1. The Hall–Kier alpha value is -2.37. The van der Waals surface area contributed by atoms with Crippen LogP contribution in [0.25, 0.3) is 0 Å². The van der Waals surface area contributed by atoms with Gasteiger partial charge in [0.1, 0.15) is 0 Å². The normalized spacial score (nSPS) is 10.8. The number of aromatic nitrogens is 3. The Balaban J connectivity index is 2.40. The van der Waals surface area contributed by atoms with E-state index in [4.69, 9.17) is 15.0 Å². The molecule has 0 bridgehead atoms. The number of benzene rings is 1. The second kappa shape index (κ2) is 14.6. The Morgan fingerprint density at radius 2 is 1.03 bits per heavy atom. The van der Waals surface area contributed by atoms with E-state index in [1.807, 2.05) is 30.3 Å². The van der Waals surface area contributed by atoms with Crippen LogP contribution >= 0.6 is 0 Å². The van der Waals surface area contributed by atoms with Crippen molar-refractivity contribution >= 4 is 23.5 Å². The van der Waals surface area contributed by atoms with Gasteiger partial charge < -0.3 is 15.1 Å². The van der Waals surface area contributed by atoms with Gasteiger partial charge in [0.15, 0.2) is 0 Å². The lowest BCUT2D eigenvalue weighted by Gasteiger charge is -2.26. The second-order valence-electron chi connectivity index (χ2n) is 8.14. The van der Waals surface area contributed by atoms with Gasteiger partial charge in [-0.2, -0.15) is 15.0 Å². The minimum atomic E-state index is 0.627. The molecule has 0 aliphatic rings. The van der Waals surface area contributed by atoms with Crippen LogP contribution < -0.4 is 15.1 Å². The summed E-state index contributed by atoms with van der Waals surface area (Å²) < 4.78 is 0. The molecule has 2 aromatic rings. The maximum absolute atomic E-state index is 4.98. The van der Waals surface area contributed by atoms with E-state index in [9.17, 15) is 0 Å². The molecule has 0 amide bonds. The van der Waals surface area contributed by atoms with Crippen molar-refractivity contribution in [2.45, 2.75) is 79.1 Å². The smallest absolute Gasteiger partial charge is 0.233 e. The predicted molar refractivity (Wildman–Crippen MR) is 134 cm³/mol. The molecule has 0 atom stereocenters. The third-order valence-corrected chi connectivity index (χ3v) is 5.33. The molecule has 6 nitrogen and oxygen atoms in total. The fraction of sp³-hybridized carbons (Fsp3) is 0.640. The van der Waals surface area contributed by atoms with E-state index in [0.29, 0.717) is 5.95 Å². The number of unbranched alkanes of at least 4 members (excludes halogenated alkanes) is 4. The zero-order chi connectivity index (χ0) is 22.3. The summed E-state index contributed by atoms with van der Waals surface area (Å²) in [4.78, 5) is 19.3. The summed E-state index contributed by atoms with van der Waals surface area (Å²) in [5.41, 5.74) is 0.993. The van der Waals surface area contributed by atoms with Crippen LogP contribution in [0, 0.1) is 0 Å². The van der Waals surface area contributed by atoms with Crippen LogP contribution in [-0.2, 0) is 0 Å². The standard InChI is InChI=1S/C25H42N6/c1-5-9-18-30(19-10-6-2)24-27-23(26-22-16-14-13-15-17-22)28-25(29-24)31(20-11-7-3)21-12-8-4/h13-17H,5-12,18-21H2,1-4H3,(H,26,27,28,29). The lowest BCUT2D eigenvalue weighted by molar-refractivity contribution is 0.645. The molecule has 0 unspecified atom stereocenters. The first-order valence-corrected chi connectivity index (χ1v) is 12.3. The molecule has 0 radical (unpaired) electrons. The highest BCUT2D eigenvalue weighted by molar-refractivity contribution is 5.56. The highest BCUT2D eigenvalue weighted by atomic mass is 15.4. The monoisotopic (exact) mass is 426 g/mol. The quantitative estimate of drug-likeness (QED) is 0.334. The molecule has 0 fully saturated rings. The molecular weight excluding hydrogens is 384 g/mol. The zero-order valence-corrected chi connectivity index (χ0v) is 20.1. The van der Waals surface area contributed by atoms with Crippen molar-refractivity contribution < 1.29 is 0 Å². The molecule has 0 saturated carbocycles. The molecule has 1 N–H and O–H groups in total. The molecule has 2 rings (SSSR count). The third-order valence-electron chi connectivity index (χ3n) is 5.33. The fourth-order valence-electron chi connectivity index (χ4n) is 3.36. The summed E-state index contributed by atoms with van der Waals surface area (Å²) >= 11 is 0. The topological polar surface area (TPSA) is 57.2 Å². The average molecular weight is 427 g/mol. The van der Waals surface area contributed by atoms with E-state index >= 15 is 0 Å². The van der Waals surface area contributed by atoms with Crippen LogP contribution in [0.5, 0.6) is 0 Å². The molecule has 1 aromatic heterocycles. The number of rotatable bonds is 16. The van der Waals surface area contributed by atoms with E-state index in [1.165, 1.54) is 0 Å². The van der Waals surface area contributed by atoms with Crippen molar-refractivity contribution in [3.8, 4) is 0 Å². The molecule has 1 aromatic carbocycles. The van der Waals surface area contributed by atoms with Gasteiger partial charge in [0.2, 0.25) is 17.8 Å². The summed E-state index contributed by atoms with van der Waals surface area (Å²) in [6.07, 6.45) is 9.21. The van der Waals surface area contributed by atoms with Gasteiger partial charge in [-0.3, -0.25) is 0 Å². The van der Waals surface area contributed by atoms with Gasteiger partial charge in [0.25, 0.3) is 0 Å². The van der Waals surface area contributed by atoms with Crippen LogP contribution in [-0.4, -0.2) is 41.1 Å². The van der Waals surface area contributed by atoms with E-state index in [-0.39, 0.29) is 0 Å². The molecule has 0 aliphatic heterocycles. The molecule has 31 heavy (non-hydrogen) atoms. The lowest BCUT2D eigenvalue weighted by Crippen LogP contribution is -2.31. The van der Waals surface area contributed by atoms with Crippen LogP contribution in [0.2, 0.25) is 0 Å². The van der Waals surface area contributed by atoms with Crippen molar-refractivity contribution in [2.24, 2.45) is 0 Å². The fourth-order valence-corrected chi connectivity index (χ4v) is 3.36. The van der Waals surface area contributed by atoms with Gasteiger partial charge in [-0.25, -0.2) is 0 Å². The summed E-state index contributed by atoms with van der Waals surface area (Å²) in [5, 5.41) is 3.40. The number of para-hydroxylation sites is 1. The first-order valence-electron chi connectivity index (χ1n) is 12.3. The Labute approximate surface area is 189 Å². The van der Waals surface area contributed by atoms with E-state index in [0.717, 1.165) is 95.1 Å². The first kappa shape index (κ1) is 24.9. The summed E-state index contributed by atoms with van der Waals surface area (Å²) in [6, 6.07) is 10.1. The first-order chi connectivity index (χ1) is 15.2. The zero-order valence-electron chi connectivity index (χ0n) is 20.1. The Morgan fingerprint density at radius 3 is 1.42 bits per heavy atom. The Bertz CT molecular complexity index is 667. The summed E-state index contributed by atoms with van der Waals surface area (Å²) in [5.74, 6) is 2.22. The summed E-state index contributed by atoms with van der Waals surface area (Å²) in [6.45, 7) is 12.9. The van der Waals surface area contributed by atoms with Crippen molar-refractivity contribution in [3.05, 3.63) is 30.3 Å². The minimum absolute atomic E-state index is 0.627. The second-order valence-corrected chi connectivity index (χ2v) is 8.14. The molecule has 172 valence electrons. The minimum Gasteiger partial charge on any atom is -0.341 e. The number of hydrogen-bond acceptors (Lipinski definition) is 6. The van der Waals surface area contributed by atoms with Crippen molar-refractivity contribution in [2.75, 3.05) is 41.3 Å². The van der Waals surface area contributed by atoms with Crippen LogP contribution in [0.15, 0.2) is 30.3 Å². The van der Waals surface area contributed by atoms with Gasteiger partial charge in [0.05, 0.1) is 0 Å². The number of nitrogens with one attached hydrogen (secondary N) is 1. The molecule has 1 heterocycles. The maximum Gasteiger partial charge on any atom is 0.233 e. The highest BCUT2D eigenvalue weighted by Gasteiger charge is 2.17. The van der Waals surface area contributed by atoms with Gasteiger partial charge >= 0.3 is 0 Å². The molecular formula is C25H42N6. The predicted octanol–water partition coefficient (Wildman–Crippen LogP) is 6.43. The van der Waals surface area contributed by atoms with Crippen LogP contribution in [0.4, 0.5) is 23.5 Å². The molecule has 0 spiro atoms. The van der Waals surface area contributed by atoms with E-state index in [1.54, 1.807) is 0 Å². The Morgan fingerprint density at radius 1 is 0.613 bits per heavy atom. The number of nitrogens with zero attached hydrogens (tertiary/aromatic N) is 5. The van der Waals surface area contributed by atoms with Crippen LogP contribution in [0.3, 0.4) is 0 Å². The molecule has 0 saturated heterocycles. The van der Waals surface area contributed by atoms with E-state index < -0.39 is 0 Å². The van der Waals surface area contributed by atoms with Crippen LogP contribution in [0.1, 0.15) is 79.1 Å². The number of anilines is 4. The van der Waals surface area contributed by atoms with Crippen molar-refractivity contribution in [1.29, 1.82) is 0 Å². The van der Waals surface area contributed by atoms with Gasteiger partial charge in [-0.15, -0.1) is 0 Å². The Kier molecular flexibility index (Phi) is 11.7. The van der Waals surface area contributed by atoms with Crippen molar-refractivity contribution in [3.63, 3.8) is 0 Å². The van der Waals surface area contributed by atoms with Gasteiger partial charge in [0, 0.05) is 31.9 Å². The maximum atomic E-state index is 4.98. The average Bonchev–Trinajstić information content (AvgIpc) is 2.80. The summed E-state index contributed by atoms with van der Waals surface area (Å²) in [7, 11) is 0. The van der Waals surface area contributed by atoms with E-state index in [2.05, 4.69) is 42.8 Å². The largest absolute Gasteiger partial charge is 0.341 e. The van der Waals surface area contributed by atoms with Gasteiger partial charge in [-0.05, 0) is 37.8 Å². The van der Waals surface area contributed by atoms with Crippen molar-refractivity contribution in [1.82, 2.24) is 15.0 Å². The SMILES string of the molecule is CCCCN(CCCC)c1nc(Nc2ccccc2)nc(N(CCCC)CCCC)n1. The lowest BCUT2D eigenvalue weighted by atomic mass is 10.2. The molecule has 6 heteroatoms. The van der Waals surface area contributed by atoms with Gasteiger partial charge in [-0.1, -0.05) is 71.6 Å². The molecule has 0 aliphatic carbocycles.